The van der Waals surface area contributed by atoms with Crippen LogP contribution in [0.2, 0.25) is 0 Å². The second-order valence-electron chi connectivity index (χ2n) is 7.15. The van der Waals surface area contributed by atoms with Crippen LogP contribution in [0, 0.1) is 6.92 Å². The molecular formula is C21H22N2O3S. The Morgan fingerprint density at radius 3 is 2.70 bits per heavy atom. The molecule has 0 fully saturated rings. The van der Waals surface area contributed by atoms with Crippen molar-refractivity contribution in [2.75, 3.05) is 6.54 Å². The summed E-state index contributed by atoms with van der Waals surface area (Å²) >= 11 is 0. The van der Waals surface area contributed by atoms with Gasteiger partial charge in [0.15, 0.2) is 0 Å². The molecule has 3 aromatic rings. The van der Waals surface area contributed by atoms with Gasteiger partial charge >= 0.3 is 0 Å². The Hall–Kier alpha value is -2.44. The van der Waals surface area contributed by atoms with E-state index in [1.165, 1.54) is 5.56 Å². The van der Waals surface area contributed by atoms with Crippen LogP contribution in [0.25, 0.3) is 10.9 Å². The molecule has 1 aliphatic rings. The highest BCUT2D eigenvalue weighted by molar-refractivity contribution is 7.89. The number of hydrogen-bond donors (Lipinski definition) is 2. The van der Waals surface area contributed by atoms with Crippen molar-refractivity contribution in [1.82, 2.24) is 9.71 Å². The van der Waals surface area contributed by atoms with Gasteiger partial charge in [-0.2, -0.15) is 0 Å². The van der Waals surface area contributed by atoms with Crippen molar-refractivity contribution in [2.24, 2.45) is 0 Å². The second-order valence-corrected chi connectivity index (χ2v) is 8.91. The van der Waals surface area contributed by atoms with Crippen LogP contribution in [0.1, 0.15) is 28.7 Å². The predicted molar refractivity (Wildman–Crippen MR) is 107 cm³/mol. The molecule has 2 aromatic carbocycles. The van der Waals surface area contributed by atoms with E-state index in [0.717, 1.165) is 41.3 Å². The Bertz CT molecular complexity index is 1180. The van der Waals surface area contributed by atoms with Crippen molar-refractivity contribution in [1.29, 1.82) is 0 Å². The van der Waals surface area contributed by atoms with Crippen LogP contribution in [0.4, 0.5) is 0 Å². The molecule has 5 nitrogen and oxygen atoms in total. The number of hydrogen-bond acceptors (Lipinski definition) is 3. The maximum Gasteiger partial charge on any atom is 0.251 e. The average molecular weight is 382 g/mol. The molecule has 0 spiro atoms. The minimum atomic E-state index is -3.58. The van der Waals surface area contributed by atoms with Crippen molar-refractivity contribution in [2.45, 2.75) is 37.5 Å². The molecule has 0 saturated carbocycles. The zero-order valence-electron chi connectivity index (χ0n) is 15.2. The van der Waals surface area contributed by atoms with E-state index in [1.54, 1.807) is 12.1 Å². The van der Waals surface area contributed by atoms with E-state index in [-0.39, 0.29) is 12.1 Å². The number of aryl methyl sites for hydroxylation is 3. The Labute approximate surface area is 158 Å². The van der Waals surface area contributed by atoms with Crippen LogP contribution < -0.4 is 10.3 Å². The molecular weight excluding hydrogens is 360 g/mol. The first-order chi connectivity index (χ1) is 12.9. The lowest BCUT2D eigenvalue weighted by Gasteiger charge is -2.09. The average Bonchev–Trinajstić information content (AvgIpc) is 3.10. The largest absolute Gasteiger partial charge is 0.322 e. The Balaban J connectivity index is 1.50. The second kappa shape index (κ2) is 6.94. The van der Waals surface area contributed by atoms with E-state index >= 15 is 0 Å². The molecule has 1 aliphatic carbocycles. The third-order valence-corrected chi connectivity index (χ3v) is 6.60. The number of benzene rings is 2. The molecule has 0 unspecified atom stereocenters. The number of aromatic nitrogens is 1. The zero-order valence-corrected chi connectivity index (χ0v) is 16.0. The lowest BCUT2D eigenvalue weighted by Crippen LogP contribution is -2.27. The fourth-order valence-electron chi connectivity index (χ4n) is 3.68. The molecule has 140 valence electrons. The number of rotatable bonds is 5. The fourth-order valence-corrected chi connectivity index (χ4v) is 4.76. The van der Waals surface area contributed by atoms with Crippen molar-refractivity contribution < 1.29 is 8.42 Å². The van der Waals surface area contributed by atoms with Gasteiger partial charge in [-0.15, -0.1) is 0 Å². The molecule has 0 saturated heterocycles. The predicted octanol–water partition coefficient (Wildman–Crippen LogP) is 2.85. The Kier molecular flexibility index (Phi) is 4.61. The summed E-state index contributed by atoms with van der Waals surface area (Å²) in [6, 6.07) is 13.0. The summed E-state index contributed by atoms with van der Waals surface area (Å²) in [5.74, 6) is 0. The van der Waals surface area contributed by atoms with E-state index in [4.69, 9.17) is 0 Å². The number of H-pyrrole nitrogens is 1. The van der Waals surface area contributed by atoms with Crippen LogP contribution in [0.5, 0.6) is 0 Å². The molecule has 1 aromatic heterocycles. The van der Waals surface area contributed by atoms with Gasteiger partial charge in [-0.25, -0.2) is 13.1 Å². The van der Waals surface area contributed by atoms with Gasteiger partial charge in [0.1, 0.15) is 0 Å². The van der Waals surface area contributed by atoms with E-state index in [0.29, 0.717) is 16.9 Å². The molecule has 0 radical (unpaired) electrons. The molecule has 4 rings (SSSR count). The topological polar surface area (TPSA) is 79.0 Å². The standard InChI is InChI=1S/C21H22N2O3S/c1-14-5-8-20-18(11-14)12-17(21(24)23-20)9-10-22-27(25,26)19-7-6-15-3-2-4-16(15)13-19/h5-8,11-13,22H,2-4,9-10H2,1H3,(H,23,24). The number of pyridine rings is 1. The Morgan fingerprint density at radius 1 is 1.04 bits per heavy atom. The Morgan fingerprint density at radius 2 is 1.85 bits per heavy atom. The maximum atomic E-state index is 12.6. The highest BCUT2D eigenvalue weighted by Crippen LogP contribution is 2.24. The van der Waals surface area contributed by atoms with Crippen LogP contribution in [0.3, 0.4) is 0 Å². The van der Waals surface area contributed by atoms with Crippen molar-refractivity contribution in [3.05, 3.63) is 75.1 Å². The summed E-state index contributed by atoms with van der Waals surface area (Å²) in [6.45, 7) is 2.18. The SMILES string of the molecule is Cc1ccc2[nH]c(=O)c(CCNS(=O)(=O)c3ccc4c(c3)CCC4)cc2c1. The molecule has 0 amide bonds. The first-order valence-electron chi connectivity index (χ1n) is 9.16. The van der Waals surface area contributed by atoms with Crippen molar-refractivity contribution >= 4 is 20.9 Å². The first-order valence-corrected chi connectivity index (χ1v) is 10.6. The molecule has 1 heterocycles. The van der Waals surface area contributed by atoms with Gasteiger partial charge < -0.3 is 4.98 Å². The summed E-state index contributed by atoms with van der Waals surface area (Å²) in [5, 5.41) is 0.950. The summed E-state index contributed by atoms with van der Waals surface area (Å²) in [5.41, 5.74) is 4.66. The van der Waals surface area contributed by atoms with E-state index in [1.807, 2.05) is 37.3 Å². The fraction of sp³-hybridized carbons (Fsp3) is 0.286. The van der Waals surface area contributed by atoms with Gasteiger partial charge in [-0.3, -0.25) is 4.79 Å². The van der Waals surface area contributed by atoms with Crippen LogP contribution in [-0.4, -0.2) is 19.9 Å². The number of fused-ring (bicyclic) bond motifs is 2. The highest BCUT2D eigenvalue weighted by Gasteiger charge is 2.18. The summed E-state index contributed by atoms with van der Waals surface area (Å²) in [4.78, 5) is 15.4. The quantitative estimate of drug-likeness (QED) is 0.712. The third kappa shape index (κ3) is 3.68. The van der Waals surface area contributed by atoms with E-state index in [9.17, 15) is 13.2 Å². The van der Waals surface area contributed by atoms with Gasteiger partial charge in [0.2, 0.25) is 10.0 Å². The highest BCUT2D eigenvalue weighted by atomic mass is 32.2. The minimum absolute atomic E-state index is 0.178. The van der Waals surface area contributed by atoms with Gasteiger partial charge in [-0.05, 0) is 79.5 Å². The molecule has 0 aliphatic heterocycles. The molecule has 2 N–H and O–H groups in total. The van der Waals surface area contributed by atoms with Crippen molar-refractivity contribution in [3.63, 3.8) is 0 Å². The van der Waals surface area contributed by atoms with Gasteiger partial charge in [0, 0.05) is 17.6 Å². The molecule has 0 atom stereocenters. The van der Waals surface area contributed by atoms with Crippen molar-refractivity contribution in [3.8, 4) is 0 Å². The zero-order chi connectivity index (χ0) is 19.0. The molecule has 0 bridgehead atoms. The summed E-state index contributed by atoms with van der Waals surface area (Å²) in [6.07, 6.45) is 3.37. The lowest BCUT2D eigenvalue weighted by molar-refractivity contribution is 0.581. The maximum absolute atomic E-state index is 12.6. The third-order valence-electron chi connectivity index (χ3n) is 5.14. The number of sulfonamides is 1. The molecule has 6 heteroatoms. The smallest absolute Gasteiger partial charge is 0.251 e. The van der Waals surface area contributed by atoms with Crippen LogP contribution in [-0.2, 0) is 29.3 Å². The summed E-state index contributed by atoms with van der Waals surface area (Å²) in [7, 11) is -3.58. The number of aromatic amines is 1. The van der Waals surface area contributed by atoms with Crippen LogP contribution >= 0.6 is 0 Å². The van der Waals surface area contributed by atoms with E-state index < -0.39 is 10.0 Å². The summed E-state index contributed by atoms with van der Waals surface area (Å²) < 4.78 is 27.8. The number of nitrogens with one attached hydrogen (secondary N) is 2. The monoisotopic (exact) mass is 382 g/mol. The normalized spacial score (nSPS) is 13.8. The van der Waals surface area contributed by atoms with Gasteiger partial charge in [0.25, 0.3) is 5.56 Å². The van der Waals surface area contributed by atoms with Gasteiger partial charge in [-0.1, -0.05) is 17.7 Å². The first kappa shape index (κ1) is 17.9. The van der Waals surface area contributed by atoms with Gasteiger partial charge in [0.05, 0.1) is 4.90 Å². The van der Waals surface area contributed by atoms with Crippen LogP contribution in [0.15, 0.2) is 52.2 Å². The lowest BCUT2D eigenvalue weighted by atomic mass is 10.1. The molecule has 27 heavy (non-hydrogen) atoms. The minimum Gasteiger partial charge on any atom is -0.322 e. The van der Waals surface area contributed by atoms with E-state index in [2.05, 4.69) is 9.71 Å².